The quantitative estimate of drug-likeness (QED) is 0.213. The summed E-state index contributed by atoms with van der Waals surface area (Å²) in [6, 6.07) is 30.8. The van der Waals surface area contributed by atoms with E-state index in [4.69, 9.17) is 19.6 Å². The van der Waals surface area contributed by atoms with Crippen LogP contribution in [0.3, 0.4) is 0 Å². The molecular formula is C37H42N6O2. The molecule has 0 amide bonds. The van der Waals surface area contributed by atoms with Gasteiger partial charge in [0.1, 0.15) is 18.9 Å². The molecule has 45 heavy (non-hydrogen) atoms. The molecule has 0 spiro atoms. The van der Waals surface area contributed by atoms with E-state index in [9.17, 15) is 0 Å². The third-order valence-electron chi connectivity index (χ3n) is 9.06. The summed E-state index contributed by atoms with van der Waals surface area (Å²) < 4.78 is 14.5. The maximum absolute atomic E-state index is 6.39. The summed E-state index contributed by atoms with van der Waals surface area (Å²) >= 11 is 0. The van der Waals surface area contributed by atoms with Crippen molar-refractivity contribution in [3.05, 3.63) is 102 Å². The van der Waals surface area contributed by atoms with E-state index in [0.29, 0.717) is 25.0 Å². The number of nitrogens with zero attached hydrogens (tertiary/aromatic N) is 5. The lowest BCUT2D eigenvalue weighted by molar-refractivity contribution is 0.190. The molecule has 0 saturated carbocycles. The molecule has 0 bridgehead atoms. The highest BCUT2D eigenvalue weighted by Gasteiger charge is 2.26. The molecule has 8 nitrogen and oxygen atoms in total. The molecule has 0 radical (unpaired) electrons. The maximum Gasteiger partial charge on any atom is 0.226 e. The van der Waals surface area contributed by atoms with Crippen LogP contribution in [-0.2, 0) is 20.3 Å². The molecule has 0 atom stereocenters. The first kappa shape index (κ1) is 29.3. The molecule has 2 aromatic heterocycles. The molecular weight excluding hydrogens is 560 g/mol. The Kier molecular flexibility index (Phi) is 8.93. The van der Waals surface area contributed by atoms with Gasteiger partial charge in [0.05, 0.1) is 16.8 Å². The van der Waals surface area contributed by atoms with Crippen LogP contribution in [-0.4, -0.2) is 65.5 Å². The van der Waals surface area contributed by atoms with Crippen LogP contribution in [0.4, 0.5) is 5.69 Å². The van der Waals surface area contributed by atoms with E-state index in [0.717, 1.165) is 65.4 Å². The minimum Gasteiger partial charge on any atom is -0.473 e. The van der Waals surface area contributed by atoms with E-state index in [1.165, 1.54) is 38.2 Å². The number of aryl methyl sites for hydroxylation is 1. The Balaban J connectivity index is 1.15. The largest absolute Gasteiger partial charge is 0.473 e. The van der Waals surface area contributed by atoms with Crippen molar-refractivity contribution in [2.75, 3.05) is 50.7 Å². The second-order valence-electron chi connectivity index (χ2n) is 12.2. The second-order valence-corrected chi connectivity index (χ2v) is 12.2. The minimum absolute atomic E-state index is 0.405. The zero-order valence-corrected chi connectivity index (χ0v) is 26.1. The van der Waals surface area contributed by atoms with Crippen LogP contribution in [0.5, 0.6) is 11.8 Å². The van der Waals surface area contributed by atoms with Gasteiger partial charge in [-0.25, -0.2) is 0 Å². The Morgan fingerprint density at radius 2 is 1.44 bits per heavy atom. The van der Waals surface area contributed by atoms with Gasteiger partial charge in [0.25, 0.3) is 0 Å². The molecule has 2 aliphatic rings. The molecule has 2 saturated heterocycles. The van der Waals surface area contributed by atoms with Gasteiger partial charge in [-0.1, -0.05) is 72.8 Å². The number of para-hydroxylation sites is 1. The fourth-order valence-corrected chi connectivity index (χ4v) is 6.64. The summed E-state index contributed by atoms with van der Waals surface area (Å²) in [5, 5.41) is 9.64. The fourth-order valence-electron chi connectivity index (χ4n) is 6.64. The van der Waals surface area contributed by atoms with Gasteiger partial charge in [0.2, 0.25) is 11.8 Å². The number of rotatable bonds is 10. The van der Waals surface area contributed by atoms with Crippen molar-refractivity contribution < 1.29 is 9.47 Å². The average molecular weight is 603 g/mol. The molecule has 7 rings (SSSR count). The van der Waals surface area contributed by atoms with Crippen molar-refractivity contribution in [1.82, 2.24) is 25.0 Å². The molecule has 1 N–H and O–H groups in total. The van der Waals surface area contributed by atoms with E-state index in [2.05, 4.69) is 45.4 Å². The number of nitrogens with one attached hydrogen (secondary N) is 1. The SMILES string of the molecule is Cn1nc(-c2ccc(OCc3ccccc3)nc2OCc2ccccc2)c2cccc(N3CCC(CN4CCNCC4)CC3)c21. The highest BCUT2D eigenvalue weighted by atomic mass is 16.5. The van der Waals surface area contributed by atoms with Crippen LogP contribution in [0, 0.1) is 5.92 Å². The number of piperazine rings is 1. The zero-order valence-electron chi connectivity index (χ0n) is 26.1. The molecule has 0 unspecified atom stereocenters. The van der Waals surface area contributed by atoms with Crippen molar-refractivity contribution in [2.45, 2.75) is 26.1 Å². The smallest absolute Gasteiger partial charge is 0.226 e. The van der Waals surface area contributed by atoms with E-state index >= 15 is 0 Å². The van der Waals surface area contributed by atoms with Crippen LogP contribution < -0.4 is 19.7 Å². The van der Waals surface area contributed by atoms with Crippen molar-refractivity contribution in [3.8, 4) is 23.0 Å². The van der Waals surface area contributed by atoms with Gasteiger partial charge in [0.15, 0.2) is 0 Å². The van der Waals surface area contributed by atoms with Crippen LogP contribution in [0.25, 0.3) is 22.2 Å². The van der Waals surface area contributed by atoms with Crippen molar-refractivity contribution in [1.29, 1.82) is 0 Å². The average Bonchev–Trinajstić information content (AvgIpc) is 3.44. The lowest BCUT2D eigenvalue weighted by Crippen LogP contribution is -2.47. The third-order valence-corrected chi connectivity index (χ3v) is 9.06. The van der Waals surface area contributed by atoms with E-state index in [-0.39, 0.29) is 0 Å². The van der Waals surface area contributed by atoms with Crippen LogP contribution >= 0.6 is 0 Å². The normalized spacial score (nSPS) is 16.2. The minimum atomic E-state index is 0.405. The Bertz CT molecular complexity index is 1690. The Hall–Kier alpha value is -4.40. The number of hydrogen-bond donors (Lipinski definition) is 1. The van der Waals surface area contributed by atoms with E-state index in [1.54, 1.807) is 0 Å². The lowest BCUT2D eigenvalue weighted by Gasteiger charge is -2.37. The van der Waals surface area contributed by atoms with E-state index in [1.807, 2.05) is 72.4 Å². The molecule has 2 fully saturated rings. The number of anilines is 1. The van der Waals surface area contributed by atoms with Crippen molar-refractivity contribution >= 4 is 16.6 Å². The highest BCUT2D eigenvalue weighted by Crippen LogP contribution is 2.39. The standard InChI is InChI=1S/C37H42N6O2/c1-41-36-31(13-8-14-33(36)43-21-17-28(18-22-43)25-42-23-19-38-20-24-42)35(40-41)32-15-16-34(44-26-29-9-4-2-5-10-29)39-37(32)45-27-30-11-6-3-7-12-30/h2-16,28,38H,17-27H2,1H3. The first-order valence-electron chi connectivity index (χ1n) is 16.2. The van der Waals surface area contributed by atoms with Crippen molar-refractivity contribution in [3.63, 3.8) is 0 Å². The zero-order chi connectivity index (χ0) is 30.4. The Morgan fingerprint density at radius 3 is 2.16 bits per heavy atom. The molecule has 2 aliphatic heterocycles. The summed E-state index contributed by atoms with van der Waals surface area (Å²) in [5.41, 5.74) is 6.28. The van der Waals surface area contributed by atoms with E-state index < -0.39 is 0 Å². The van der Waals surface area contributed by atoms with Crippen LogP contribution in [0.15, 0.2) is 91.0 Å². The lowest BCUT2D eigenvalue weighted by atomic mass is 9.95. The van der Waals surface area contributed by atoms with Gasteiger partial charge in [0, 0.05) is 64.3 Å². The Labute approximate surface area is 265 Å². The molecule has 3 aromatic carbocycles. The molecule has 0 aliphatic carbocycles. The number of pyridine rings is 1. The van der Waals surface area contributed by atoms with Gasteiger partial charge in [-0.15, -0.1) is 0 Å². The predicted molar refractivity (Wildman–Crippen MR) is 180 cm³/mol. The second kappa shape index (κ2) is 13.7. The summed E-state index contributed by atoms with van der Waals surface area (Å²) in [4.78, 5) is 10.0. The third kappa shape index (κ3) is 6.82. The molecule has 8 heteroatoms. The molecule has 5 aromatic rings. The van der Waals surface area contributed by atoms with Crippen LogP contribution in [0.1, 0.15) is 24.0 Å². The van der Waals surface area contributed by atoms with Gasteiger partial charge in [-0.3, -0.25) is 4.68 Å². The van der Waals surface area contributed by atoms with Crippen LogP contribution in [0.2, 0.25) is 0 Å². The summed E-state index contributed by atoms with van der Waals surface area (Å²) in [5.74, 6) is 1.80. The number of fused-ring (bicyclic) bond motifs is 1. The number of piperidine rings is 1. The predicted octanol–water partition coefficient (Wildman–Crippen LogP) is 5.91. The Morgan fingerprint density at radius 1 is 0.756 bits per heavy atom. The first-order chi connectivity index (χ1) is 22.2. The first-order valence-corrected chi connectivity index (χ1v) is 16.2. The molecule has 4 heterocycles. The monoisotopic (exact) mass is 602 g/mol. The number of aromatic nitrogens is 3. The van der Waals surface area contributed by atoms with Gasteiger partial charge < -0.3 is 24.6 Å². The number of ether oxygens (including phenoxy) is 2. The maximum atomic E-state index is 6.39. The number of benzene rings is 3. The van der Waals surface area contributed by atoms with Gasteiger partial charge in [-0.05, 0) is 42.0 Å². The summed E-state index contributed by atoms with van der Waals surface area (Å²) in [6.07, 6.45) is 2.44. The van der Waals surface area contributed by atoms with Gasteiger partial charge in [-0.2, -0.15) is 10.1 Å². The van der Waals surface area contributed by atoms with Gasteiger partial charge >= 0.3 is 0 Å². The fraction of sp³-hybridized carbons (Fsp3) is 0.351. The summed E-state index contributed by atoms with van der Waals surface area (Å²) in [6.45, 7) is 8.76. The highest BCUT2D eigenvalue weighted by molar-refractivity contribution is 6.01. The molecule has 232 valence electrons. The topological polar surface area (TPSA) is 67.7 Å². The summed E-state index contributed by atoms with van der Waals surface area (Å²) in [7, 11) is 2.04. The number of hydrogen-bond acceptors (Lipinski definition) is 7. The van der Waals surface area contributed by atoms with Crippen molar-refractivity contribution in [2.24, 2.45) is 13.0 Å².